The van der Waals surface area contributed by atoms with Crippen LogP contribution < -0.4 is 0 Å². The molecule has 1 aliphatic carbocycles. The minimum atomic E-state index is -0.425. The summed E-state index contributed by atoms with van der Waals surface area (Å²) in [5, 5.41) is 0. The zero-order valence-corrected chi connectivity index (χ0v) is 13.2. The van der Waals surface area contributed by atoms with Crippen LogP contribution in [0.5, 0.6) is 0 Å². The van der Waals surface area contributed by atoms with E-state index in [0.29, 0.717) is 17.8 Å². The number of alkyl halides is 1. The summed E-state index contributed by atoms with van der Waals surface area (Å²) in [5.41, 5.74) is -0.425. The van der Waals surface area contributed by atoms with Gasteiger partial charge in [0.1, 0.15) is 5.60 Å². The lowest BCUT2D eigenvalue weighted by molar-refractivity contribution is 0.0179. The van der Waals surface area contributed by atoms with Crippen LogP contribution in [0.15, 0.2) is 12.2 Å². The van der Waals surface area contributed by atoms with Gasteiger partial charge >= 0.3 is 6.09 Å². The van der Waals surface area contributed by atoms with E-state index < -0.39 is 5.60 Å². The first-order valence-electron chi connectivity index (χ1n) is 7.02. The molecule has 0 saturated heterocycles. The van der Waals surface area contributed by atoms with Gasteiger partial charge in [-0.3, -0.25) is 0 Å². The number of nitrogens with zero attached hydrogens (tertiary/aromatic N) is 1. The Morgan fingerprint density at radius 1 is 1.32 bits per heavy atom. The van der Waals surface area contributed by atoms with E-state index in [2.05, 4.69) is 6.08 Å². The van der Waals surface area contributed by atoms with E-state index in [1.54, 1.807) is 4.90 Å². The third kappa shape index (κ3) is 5.85. The molecule has 1 saturated carbocycles. The Bertz CT molecular complexity index is 315. The minimum Gasteiger partial charge on any atom is -0.444 e. The Balaban J connectivity index is 2.42. The third-order valence-electron chi connectivity index (χ3n) is 3.47. The molecule has 19 heavy (non-hydrogen) atoms. The monoisotopic (exact) mass is 287 g/mol. The van der Waals surface area contributed by atoms with Crippen molar-refractivity contribution < 1.29 is 9.53 Å². The second-order valence-corrected chi connectivity index (χ2v) is 6.55. The SMILES string of the molecule is CN(C(=O)OC(C)(C)C)C1CCC(/C=C/CCl)CC1. The summed E-state index contributed by atoms with van der Waals surface area (Å²) >= 11 is 5.65. The summed E-state index contributed by atoms with van der Waals surface area (Å²) < 4.78 is 5.40. The van der Waals surface area contributed by atoms with Crippen molar-refractivity contribution in [2.24, 2.45) is 5.92 Å². The molecule has 4 heteroatoms. The molecule has 1 rings (SSSR count). The van der Waals surface area contributed by atoms with E-state index in [1.165, 1.54) is 0 Å². The number of hydrogen-bond donors (Lipinski definition) is 0. The summed E-state index contributed by atoms with van der Waals surface area (Å²) in [6.45, 7) is 5.69. The van der Waals surface area contributed by atoms with Gasteiger partial charge in [0.2, 0.25) is 0 Å². The fraction of sp³-hybridized carbons (Fsp3) is 0.800. The van der Waals surface area contributed by atoms with E-state index in [0.717, 1.165) is 25.7 Å². The van der Waals surface area contributed by atoms with Crippen LogP contribution in [0.3, 0.4) is 0 Å². The molecule has 0 spiro atoms. The minimum absolute atomic E-state index is 0.216. The summed E-state index contributed by atoms with van der Waals surface area (Å²) in [6.07, 6.45) is 8.31. The smallest absolute Gasteiger partial charge is 0.410 e. The molecule has 0 aromatic carbocycles. The summed E-state index contributed by atoms with van der Waals surface area (Å²) in [6, 6.07) is 0.301. The van der Waals surface area contributed by atoms with Crippen molar-refractivity contribution in [2.45, 2.75) is 58.1 Å². The molecule has 0 unspecified atom stereocenters. The van der Waals surface area contributed by atoms with Crippen LogP contribution in [0.25, 0.3) is 0 Å². The van der Waals surface area contributed by atoms with E-state index in [1.807, 2.05) is 33.9 Å². The zero-order chi connectivity index (χ0) is 14.5. The number of rotatable bonds is 3. The number of carbonyl (C=O) groups is 1. The highest BCUT2D eigenvalue weighted by atomic mass is 35.5. The lowest BCUT2D eigenvalue weighted by Gasteiger charge is -2.34. The average molecular weight is 288 g/mol. The van der Waals surface area contributed by atoms with Crippen molar-refractivity contribution in [1.82, 2.24) is 4.90 Å². The third-order valence-corrected chi connectivity index (χ3v) is 3.65. The molecular weight excluding hydrogens is 262 g/mol. The molecule has 1 fully saturated rings. The Morgan fingerprint density at radius 3 is 2.37 bits per heavy atom. The van der Waals surface area contributed by atoms with Crippen LogP contribution in [0.1, 0.15) is 46.5 Å². The van der Waals surface area contributed by atoms with Crippen molar-refractivity contribution in [1.29, 1.82) is 0 Å². The molecular formula is C15H26ClNO2. The number of hydrogen-bond acceptors (Lipinski definition) is 2. The van der Waals surface area contributed by atoms with Crippen LogP contribution >= 0.6 is 11.6 Å². The highest BCUT2D eigenvalue weighted by Gasteiger charge is 2.28. The Kier molecular flexibility index (Phi) is 6.18. The van der Waals surface area contributed by atoms with Gasteiger partial charge in [0.25, 0.3) is 0 Å². The van der Waals surface area contributed by atoms with Crippen molar-refractivity contribution in [2.75, 3.05) is 12.9 Å². The Labute approximate surface area is 121 Å². The average Bonchev–Trinajstić information content (AvgIpc) is 2.34. The summed E-state index contributed by atoms with van der Waals surface area (Å²) in [4.78, 5) is 13.7. The topological polar surface area (TPSA) is 29.5 Å². The number of amides is 1. The van der Waals surface area contributed by atoms with Crippen molar-refractivity contribution in [3.05, 3.63) is 12.2 Å². The number of halogens is 1. The van der Waals surface area contributed by atoms with Gasteiger partial charge in [0.05, 0.1) is 0 Å². The van der Waals surface area contributed by atoms with Crippen LogP contribution in [0.2, 0.25) is 0 Å². The van der Waals surface area contributed by atoms with Gasteiger partial charge in [-0.15, -0.1) is 11.6 Å². The number of carbonyl (C=O) groups excluding carboxylic acids is 1. The molecule has 0 N–H and O–H groups in total. The lowest BCUT2D eigenvalue weighted by atomic mass is 9.85. The van der Waals surface area contributed by atoms with Crippen LogP contribution in [-0.4, -0.2) is 35.6 Å². The molecule has 0 heterocycles. The maximum absolute atomic E-state index is 12.0. The van der Waals surface area contributed by atoms with Gasteiger partial charge in [0, 0.05) is 19.0 Å². The quantitative estimate of drug-likeness (QED) is 0.575. The highest BCUT2D eigenvalue weighted by molar-refractivity contribution is 6.18. The molecule has 0 bridgehead atoms. The first kappa shape index (κ1) is 16.4. The van der Waals surface area contributed by atoms with Crippen molar-refractivity contribution >= 4 is 17.7 Å². The number of allylic oxidation sites excluding steroid dienone is 2. The standard InChI is InChI=1S/C15H26ClNO2/c1-15(2,3)19-14(18)17(4)13-9-7-12(8-10-13)6-5-11-16/h5-6,12-13H,7-11H2,1-4H3/b6-5+. The second kappa shape index (κ2) is 7.18. The predicted octanol–water partition coefficient (Wildman–Crippen LogP) is 4.21. The fourth-order valence-electron chi connectivity index (χ4n) is 2.41. The first-order chi connectivity index (χ1) is 8.83. The molecule has 0 aromatic heterocycles. The van der Waals surface area contributed by atoms with Gasteiger partial charge in [-0.25, -0.2) is 4.79 Å². The largest absolute Gasteiger partial charge is 0.444 e. The van der Waals surface area contributed by atoms with Crippen LogP contribution in [0, 0.1) is 5.92 Å². The molecule has 0 aromatic rings. The molecule has 110 valence electrons. The van der Waals surface area contributed by atoms with E-state index in [-0.39, 0.29) is 6.09 Å². The predicted molar refractivity (Wildman–Crippen MR) is 79.6 cm³/mol. The molecule has 0 atom stereocenters. The normalized spacial score (nSPS) is 24.5. The maximum Gasteiger partial charge on any atom is 0.410 e. The van der Waals surface area contributed by atoms with E-state index >= 15 is 0 Å². The van der Waals surface area contributed by atoms with Crippen LogP contribution in [-0.2, 0) is 4.74 Å². The van der Waals surface area contributed by atoms with Crippen molar-refractivity contribution in [3.63, 3.8) is 0 Å². The first-order valence-corrected chi connectivity index (χ1v) is 7.55. The molecule has 1 aliphatic rings. The highest BCUT2D eigenvalue weighted by Crippen LogP contribution is 2.28. The van der Waals surface area contributed by atoms with E-state index in [4.69, 9.17) is 16.3 Å². The lowest BCUT2D eigenvalue weighted by Crippen LogP contribution is -2.42. The van der Waals surface area contributed by atoms with Gasteiger partial charge in [-0.2, -0.15) is 0 Å². The second-order valence-electron chi connectivity index (χ2n) is 6.24. The fourth-order valence-corrected chi connectivity index (χ4v) is 2.51. The van der Waals surface area contributed by atoms with Gasteiger partial charge in [-0.05, 0) is 52.4 Å². The van der Waals surface area contributed by atoms with Crippen LogP contribution in [0.4, 0.5) is 4.79 Å². The maximum atomic E-state index is 12.0. The van der Waals surface area contributed by atoms with Gasteiger partial charge in [0.15, 0.2) is 0 Å². The molecule has 0 aliphatic heterocycles. The summed E-state index contributed by atoms with van der Waals surface area (Å²) in [5.74, 6) is 1.19. The molecule has 3 nitrogen and oxygen atoms in total. The Morgan fingerprint density at radius 2 is 1.89 bits per heavy atom. The number of ether oxygens (including phenoxy) is 1. The molecule has 1 amide bonds. The zero-order valence-electron chi connectivity index (χ0n) is 12.5. The Hall–Kier alpha value is -0.700. The van der Waals surface area contributed by atoms with E-state index in [9.17, 15) is 4.79 Å². The van der Waals surface area contributed by atoms with Crippen molar-refractivity contribution in [3.8, 4) is 0 Å². The van der Waals surface area contributed by atoms with Gasteiger partial charge in [-0.1, -0.05) is 12.2 Å². The molecule has 0 radical (unpaired) electrons. The summed E-state index contributed by atoms with van der Waals surface area (Å²) in [7, 11) is 1.84. The van der Waals surface area contributed by atoms with Gasteiger partial charge < -0.3 is 9.64 Å².